The summed E-state index contributed by atoms with van der Waals surface area (Å²) in [6.07, 6.45) is 4.00. The second-order valence-corrected chi connectivity index (χ2v) is 0.667. The first-order valence-corrected chi connectivity index (χ1v) is 1.49. The van der Waals surface area contributed by atoms with Gasteiger partial charge in [-0.1, -0.05) is 27.0 Å². The molecule has 0 spiro atoms. The molecule has 0 bridgehead atoms. The van der Waals surface area contributed by atoms with E-state index in [-0.39, 0.29) is 16.3 Å². The largest absolute Gasteiger partial charge is 0.0919 e. The van der Waals surface area contributed by atoms with Gasteiger partial charge in [0, 0.05) is 1.43 Å². The molecule has 0 amide bonds. The minimum atomic E-state index is 0. The maximum absolute atomic E-state index is 2.00. The fourth-order valence-corrected chi connectivity index (χ4v) is 0. The Labute approximate surface area is 43.4 Å². The minimum Gasteiger partial charge on any atom is -0.0919 e. The third-order valence-corrected chi connectivity index (χ3v) is 0.333. The fourth-order valence-electron chi connectivity index (χ4n) is 0. The van der Waals surface area contributed by atoms with Crippen LogP contribution in [0.1, 0.15) is 30.1 Å². The summed E-state index contributed by atoms with van der Waals surface area (Å²) in [4.78, 5) is 0. The molecular formula is C6H18. The summed E-state index contributed by atoms with van der Waals surface area (Å²) in [6.45, 7) is 4.00. The second-order valence-electron chi connectivity index (χ2n) is 0.667. The summed E-state index contributed by atoms with van der Waals surface area (Å²) in [5.74, 6) is 0. The van der Waals surface area contributed by atoms with E-state index in [1.54, 1.807) is 0 Å². The molecule has 0 aliphatic rings. The van der Waals surface area contributed by atoms with E-state index in [1.165, 1.54) is 0 Å². The van der Waals surface area contributed by atoms with Crippen molar-refractivity contribution in [1.29, 1.82) is 0 Å². The number of hydrogen-bond donors (Lipinski definition) is 0. The molecule has 0 radical (unpaired) electrons. The standard InChI is InChI=1S/C4H8.2CH4.H2/c1-3-4-2;;;/h3-4H,1-2H3;2*1H4;1H/b4-3-;;;/i;;;1+2. The molecule has 6 heavy (non-hydrogen) atoms. The van der Waals surface area contributed by atoms with Crippen molar-refractivity contribution in [2.75, 3.05) is 0 Å². The lowest BCUT2D eigenvalue weighted by atomic mass is 10.6. The molecule has 0 aliphatic heterocycles. The van der Waals surface area contributed by atoms with E-state index >= 15 is 0 Å². The van der Waals surface area contributed by atoms with Crippen LogP contribution in [-0.4, -0.2) is 0 Å². The van der Waals surface area contributed by atoms with Gasteiger partial charge in [0.05, 0.1) is 0 Å². The SMILES string of the molecule is C.C.C/C=C\C.[3HH]. The van der Waals surface area contributed by atoms with Gasteiger partial charge in [-0.2, -0.15) is 0 Å². The lowest BCUT2D eigenvalue weighted by Crippen LogP contribution is -1.26. The summed E-state index contributed by atoms with van der Waals surface area (Å²) in [6, 6.07) is 0. The van der Waals surface area contributed by atoms with E-state index in [4.69, 9.17) is 0 Å². The lowest BCUT2D eigenvalue weighted by Gasteiger charge is -1.49. The Hall–Kier alpha value is -0.260. The first-order chi connectivity index (χ1) is 1.91. The van der Waals surface area contributed by atoms with Crippen LogP contribution < -0.4 is 0 Å². The maximum Gasteiger partial charge on any atom is 0 e. The molecule has 0 fully saturated rings. The van der Waals surface area contributed by atoms with Gasteiger partial charge in [-0.3, -0.25) is 0 Å². The van der Waals surface area contributed by atoms with Crippen LogP contribution in [0.15, 0.2) is 12.2 Å². The molecule has 0 unspecified atom stereocenters. The number of allylic oxidation sites excluding steroid dienone is 2. The van der Waals surface area contributed by atoms with Crippen LogP contribution in [0.2, 0.25) is 0 Å². The van der Waals surface area contributed by atoms with Crippen LogP contribution in [0.25, 0.3) is 0 Å². The third-order valence-electron chi connectivity index (χ3n) is 0.333. The molecule has 42 valence electrons. The Morgan fingerprint density at radius 2 is 1.17 bits per heavy atom. The van der Waals surface area contributed by atoms with Gasteiger partial charge in [-0.05, 0) is 13.8 Å². The van der Waals surface area contributed by atoms with Crippen molar-refractivity contribution in [3.05, 3.63) is 12.2 Å². The monoisotopic (exact) mass is 92.1 g/mol. The van der Waals surface area contributed by atoms with Gasteiger partial charge in [0.25, 0.3) is 0 Å². The zero-order valence-corrected chi connectivity index (χ0v) is 3.15. The average molecular weight is 92.2 g/mol. The van der Waals surface area contributed by atoms with Crippen molar-refractivity contribution in [1.82, 2.24) is 0 Å². The van der Waals surface area contributed by atoms with Gasteiger partial charge in [0.2, 0.25) is 0 Å². The second kappa shape index (κ2) is 21.9. The van der Waals surface area contributed by atoms with Crippen LogP contribution in [0.5, 0.6) is 0 Å². The molecule has 0 aromatic carbocycles. The zero-order valence-electron chi connectivity index (χ0n) is 3.15. The maximum atomic E-state index is 2.00. The number of hydrogen-bond acceptors (Lipinski definition) is 0. The predicted molar refractivity (Wildman–Crippen MR) is 36.1 cm³/mol. The molecule has 0 saturated heterocycles. The first kappa shape index (κ1) is 17.2. The van der Waals surface area contributed by atoms with Crippen LogP contribution in [0.4, 0.5) is 0 Å². The van der Waals surface area contributed by atoms with E-state index in [0.29, 0.717) is 0 Å². The van der Waals surface area contributed by atoms with Crippen LogP contribution in [-0.2, 0) is 0 Å². The summed E-state index contributed by atoms with van der Waals surface area (Å²) in [5.41, 5.74) is 0. The van der Waals surface area contributed by atoms with Gasteiger partial charge < -0.3 is 0 Å². The zero-order chi connectivity index (χ0) is 3.41. The summed E-state index contributed by atoms with van der Waals surface area (Å²) < 4.78 is 0. The summed E-state index contributed by atoms with van der Waals surface area (Å²) in [7, 11) is 0. The quantitative estimate of drug-likeness (QED) is 0.403. The van der Waals surface area contributed by atoms with Gasteiger partial charge in [-0.25, -0.2) is 0 Å². The Balaban J connectivity index is -0.0000000150. The molecule has 0 aliphatic carbocycles. The first-order valence-electron chi connectivity index (χ1n) is 1.49. The Morgan fingerprint density at radius 1 is 1.00 bits per heavy atom. The van der Waals surface area contributed by atoms with Crippen LogP contribution >= 0.6 is 0 Å². The fraction of sp³-hybridized carbons (Fsp3) is 0.667. The molecule has 0 nitrogen and oxygen atoms in total. The molecule has 0 aromatic rings. The molecule has 0 atom stereocenters. The van der Waals surface area contributed by atoms with Crippen molar-refractivity contribution in [3.8, 4) is 0 Å². The molecule has 0 heteroatoms. The van der Waals surface area contributed by atoms with Crippen molar-refractivity contribution in [2.24, 2.45) is 0 Å². The van der Waals surface area contributed by atoms with E-state index in [0.717, 1.165) is 0 Å². The highest BCUT2D eigenvalue weighted by atomic mass is 13.4. The van der Waals surface area contributed by atoms with Gasteiger partial charge in [-0.15, -0.1) is 0 Å². The predicted octanol–water partition coefficient (Wildman–Crippen LogP) is 3.10. The number of rotatable bonds is 0. The van der Waals surface area contributed by atoms with E-state index in [9.17, 15) is 0 Å². The highest BCUT2D eigenvalue weighted by molar-refractivity contribution is 4.68. The minimum absolute atomic E-state index is 0. The molecular weight excluding hydrogens is 72.1 g/mol. The van der Waals surface area contributed by atoms with Gasteiger partial charge in [0.15, 0.2) is 0 Å². The van der Waals surface area contributed by atoms with Gasteiger partial charge >= 0.3 is 0 Å². The Kier molecular flexibility index (Phi) is 62.7. The molecule has 0 aromatic heterocycles. The normalized spacial score (nSPS) is 6.33. The van der Waals surface area contributed by atoms with Crippen LogP contribution in [0.3, 0.4) is 0 Å². The highest BCUT2D eigenvalue weighted by Gasteiger charge is 1.34. The molecule has 0 heterocycles. The molecule has 0 N–H and O–H groups in total. The summed E-state index contributed by atoms with van der Waals surface area (Å²) in [5, 5.41) is 0. The van der Waals surface area contributed by atoms with E-state index < -0.39 is 0 Å². The third kappa shape index (κ3) is 51.3. The van der Waals surface area contributed by atoms with E-state index in [1.807, 2.05) is 26.0 Å². The Morgan fingerprint density at radius 3 is 1.17 bits per heavy atom. The van der Waals surface area contributed by atoms with Crippen molar-refractivity contribution >= 4 is 0 Å². The lowest BCUT2D eigenvalue weighted by molar-refractivity contribution is 1.64. The van der Waals surface area contributed by atoms with Crippen molar-refractivity contribution in [2.45, 2.75) is 28.7 Å². The summed E-state index contributed by atoms with van der Waals surface area (Å²) >= 11 is 0. The van der Waals surface area contributed by atoms with Gasteiger partial charge in [0.1, 0.15) is 0 Å². The van der Waals surface area contributed by atoms with Crippen LogP contribution in [0, 0.1) is 0 Å². The van der Waals surface area contributed by atoms with Crippen molar-refractivity contribution < 1.29 is 1.43 Å². The molecule has 0 saturated carbocycles. The smallest absolute Gasteiger partial charge is 0 e. The topological polar surface area (TPSA) is 0 Å². The molecule has 0 rings (SSSR count). The highest BCUT2D eigenvalue weighted by Crippen LogP contribution is 1.57. The average Bonchev–Trinajstić information content (AvgIpc) is 1.37. The van der Waals surface area contributed by atoms with E-state index in [2.05, 4.69) is 0 Å². The van der Waals surface area contributed by atoms with Crippen molar-refractivity contribution in [3.63, 3.8) is 0 Å². The Bertz CT molecular complexity index is 19.4.